The lowest BCUT2D eigenvalue weighted by Gasteiger charge is -2.51. The minimum Gasteiger partial charge on any atom is -0.362 e. The minimum atomic E-state index is -4.42. The van der Waals surface area contributed by atoms with Crippen LogP contribution < -0.4 is 5.32 Å². The van der Waals surface area contributed by atoms with Crippen LogP contribution in [0, 0.1) is 5.92 Å². The number of rotatable bonds is 3. The van der Waals surface area contributed by atoms with Gasteiger partial charge in [-0.05, 0) is 6.92 Å². The Morgan fingerprint density at radius 2 is 2.06 bits per heavy atom. The van der Waals surface area contributed by atoms with E-state index in [1.54, 1.807) is 0 Å². The molecule has 2 saturated heterocycles. The Balaban J connectivity index is 1.95. The van der Waals surface area contributed by atoms with Gasteiger partial charge in [0.15, 0.2) is 5.60 Å². The molecule has 2 aliphatic rings. The Kier molecular flexibility index (Phi) is 3.07. The van der Waals surface area contributed by atoms with E-state index in [1.807, 2.05) is 0 Å². The molecule has 2 aliphatic heterocycles. The predicted molar refractivity (Wildman–Crippen MR) is 53.4 cm³/mol. The summed E-state index contributed by atoms with van der Waals surface area (Å²) in [5.41, 5.74) is -2.14. The number of hydrogen-bond donors (Lipinski definition) is 1. The molecule has 0 bridgehead atoms. The number of halogens is 3. The highest BCUT2D eigenvalue weighted by Crippen LogP contribution is 2.41. The fourth-order valence-electron chi connectivity index (χ4n) is 2.08. The first-order valence-electron chi connectivity index (χ1n) is 5.60. The molecule has 0 aromatic heterocycles. The summed E-state index contributed by atoms with van der Waals surface area (Å²) in [6.07, 6.45) is -4.42. The molecule has 1 amide bonds. The molecule has 0 spiro atoms. The van der Waals surface area contributed by atoms with Gasteiger partial charge in [-0.15, -0.1) is 0 Å². The lowest BCUT2D eigenvalue weighted by atomic mass is 9.90. The molecule has 1 N–H and O–H groups in total. The van der Waals surface area contributed by atoms with Crippen LogP contribution in [0.5, 0.6) is 0 Å². The number of hydrogen-bond acceptors (Lipinski definition) is 3. The van der Waals surface area contributed by atoms with Gasteiger partial charge in [-0.3, -0.25) is 4.79 Å². The lowest BCUT2D eigenvalue weighted by Crippen LogP contribution is -2.73. The maximum absolute atomic E-state index is 12.8. The molecule has 98 valence electrons. The van der Waals surface area contributed by atoms with Gasteiger partial charge in [-0.2, -0.15) is 13.2 Å². The third kappa shape index (κ3) is 2.01. The van der Waals surface area contributed by atoms with Crippen molar-refractivity contribution in [2.75, 3.05) is 32.8 Å². The van der Waals surface area contributed by atoms with Crippen molar-refractivity contribution < 1.29 is 22.7 Å². The molecular formula is C10H15F3N2O2. The van der Waals surface area contributed by atoms with Crippen LogP contribution in [-0.2, 0) is 9.53 Å². The highest BCUT2D eigenvalue weighted by molar-refractivity contribution is 5.81. The SMILES string of the molecule is CCOC1(C(F)(F)F)CN(C(=O)C2CNC2)C1. The van der Waals surface area contributed by atoms with E-state index in [0.29, 0.717) is 13.1 Å². The summed E-state index contributed by atoms with van der Waals surface area (Å²) < 4.78 is 43.2. The normalized spacial score (nSPS) is 24.1. The molecule has 2 fully saturated rings. The molecule has 0 unspecified atom stereocenters. The van der Waals surface area contributed by atoms with Gasteiger partial charge in [-0.1, -0.05) is 0 Å². The summed E-state index contributed by atoms with van der Waals surface area (Å²) >= 11 is 0. The number of amides is 1. The largest absolute Gasteiger partial charge is 0.420 e. The predicted octanol–water partition coefficient (Wildman–Crippen LogP) is 0.386. The van der Waals surface area contributed by atoms with Crippen molar-refractivity contribution >= 4 is 5.91 Å². The third-order valence-electron chi connectivity index (χ3n) is 3.27. The number of ether oxygens (including phenoxy) is 1. The van der Waals surface area contributed by atoms with E-state index in [1.165, 1.54) is 11.8 Å². The van der Waals surface area contributed by atoms with Crippen LogP contribution in [0.4, 0.5) is 13.2 Å². The zero-order valence-electron chi connectivity index (χ0n) is 9.51. The number of alkyl halides is 3. The molecule has 0 aromatic carbocycles. The van der Waals surface area contributed by atoms with E-state index in [0.717, 1.165) is 0 Å². The first-order chi connectivity index (χ1) is 7.89. The molecule has 0 radical (unpaired) electrons. The molecule has 0 atom stereocenters. The van der Waals surface area contributed by atoms with Gasteiger partial charge in [0.25, 0.3) is 0 Å². The van der Waals surface area contributed by atoms with Crippen LogP contribution in [0.25, 0.3) is 0 Å². The van der Waals surface area contributed by atoms with E-state index >= 15 is 0 Å². The van der Waals surface area contributed by atoms with Gasteiger partial charge >= 0.3 is 6.18 Å². The molecule has 0 aromatic rings. The van der Waals surface area contributed by atoms with Crippen molar-refractivity contribution in [3.05, 3.63) is 0 Å². The molecule has 4 nitrogen and oxygen atoms in total. The van der Waals surface area contributed by atoms with Crippen LogP contribution in [0.3, 0.4) is 0 Å². The number of carbonyl (C=O) groups is 1. The van der Waals surface area contributed by atoms with Gasteiger partial charge < -0.3 is 15.0 Å². The second kappa shape index (κ2) is 4.13. The summed E-state index contributed by atoms with van der Waals surface area (Å²) in [7, 11) is 0. The molecule has 2 heterocycles. The Hall–Kier alpha value is -0.820. The zero-order chi connectivity index (χ0) is 12.7. The topological polar surface area (TPSA) is 41.6 Å². The van der Waals surface area contributed by atoms with E-state index in [-0.39, 0.29) is 31.5 Å². The summed E-state index contributed by atoms with van der Waals surface area (Å²) in [5, 5.41) is 2.92. The Bertz CT molecular complexity index is 309. The van der Waals surface area contributed by atoms with Crippen LogP contribution in [-0.4, -0.2) is 55.4 Å². The van der Waals surface area contributed by atoms with Crippen molar-refractivity contribution in [2.24, 2.45) is 5.92 Å². The van der Waals surface area contributed by atoms with Gasteiger partial charge in [0.1, 0.15) is 0 Å². The quantitative estimate of drug-likeness (QED) is 0.790. The lowest BCUT2D eigenvalue weighted by molar-refractivity contribution is -0.313. The van der Waals surface area contributed by atoms with Gasteiger partial charge in [0, 0.05) is 19.7 Å². The van der Waals surface area contributed by atoms with Crippen LogP contribution >= 0.6 is 0 Å². The summed E-state index contributed by atoms with van der Waals surface area (Å²) in [6, 6.07) is 0. The summed E-state index contributed by atoms with van der Waals surface area (Å²) in [5.74, 6) is -0.369. The fourth-order valence-corrected chi connectivity index (χ4v) is 2.08. The third-order valence-corrected chi connectivity index (χ3v) is 3.27. The number of carbonyl (C=O) groups excluding carboxylic acids is 1. The maximum atomic E-state index is 12.8. The highest BCUT2D eigenvalue weighted by atomic mass is 19.4. The second-order valence-electron chi connectivity index (χ2n) is 4.47. The average Bonchev–Trinajstić information content (AvgIpc) is 2.04. The molecular weight excluding hydrogens is 237 g/mol. The van der Waals surface area contributed by atoms with Gasteiger partial charge in [-0.25, -0.2) is 0 Å². The fraction of sp³-hybridized carbons (Fsp3) is 0.900. The highest BCUT2D eigenvalue weighted by Gasteiger charge is 2.64. The van der Waals surface area contributed by atoms with Gasteiger partial charge in [0.2, 0.25) is 5.91 Å². The number of nitrogens with zero attached hydrogens (tertiary/aromatic N) is 1. The van der Waals surface area contributed by atoms with Crippen molar-refractivity contribution in [2.45, 2.75) is 18.7 Å². The molecule has 17 heavy (non-hydrogen) atoms. The average molecular weight is 252 g/mol. The van der Waals surface area contributed by atoms with E-state index < -0.39 is 11.8 Å². The Morgan fingerprint density at radius 1 is 1.47 bits per heavy atom. The zero-order valence-corrected chi connectivity index (χ0v) is 9.51. The summed E-state index contributed by atoms with van der Waals surface area (Å²) in [4.78, 5) is 12.9. The Labute approximate surface area is 97.1 Å². The van der Waals surface area contributed by atoms with E-state index in [2.05, 4.69) is 5.32 Å². The first kappa shape index (κ1) is 12.6. The van der Waals surface area contributed by atoms with Gasteiger partial charge in [0.05, 0.1) is 19.0 Å². The van der Waals surface area contributed by atoms with Crippen molar-refractivity contribution in [1.82, 2.24) is 10.2 Å². The first-order valence-corrected chi connectivity index (χ1v) is 5.60. The van der Waals surface area contributed by atoms with Crippen LogP contribution in [0.2, 0.25) is 0 Å². The summed E-state index contributed by atoms with van der Waals surface area (Å²) in [6.45, 7) is 1.88. The van der Waals surface area contributed by atoms with Crippen LogP contribution in [0.15, 0.2) is 0 Å². The number of nitrogens with one attached hydrogen (secondary N) is 1. The van der Waals surface area contributed by atoms with Crippen molar-refractivity contribution in [3.8, 4) is 0 Å². The standard InChI is InChI=1S/C10H15F3N2O2/c1-2-17-9(10(11,12)13)5-15(6-9)8(16)7-3-14-4-7/h7,14H,2-6H2,1H3. The Morgan fingerprint density at radius 3 is 2.41 bits per heavy atom. The second-order valence-corrected chi connectivity index (χ2v) is 4.47. The van der Waals surface area contributed by atoms with Crippen molar-refractivity contribution in [3.63, 3.8) is 0 Å². The molecule has 7 heteroatoms. The smallest absolute Gasteiger partial charge is 0.362 e. The van der Waals surface area contributed by atoms with Crippen LogP contribution in [0.1, 0.15) is 6.92 Å². The van der Waals surface area contributed by atoms with E-state index in [9.17, 15) is 18.0 Å². The monoisotopic (exact) mass is 252 g/mol. The minimum absolute atomic E-state index is 0.00742. The number of likely N-dealkylation sites (tertiary alicyclic amines) is 1. The molecule has 0 saturated carbocycles. The van der Waals surface area contributed by atoms with E-state index in [4.69, 9.17) is 4.74 Å². The maximum Gasteiger partial charge on any atom is 0.420 e. The van der Waals surface area contributed by atoms with Crippen molar-refractivity contribution in [1.29, 1.82) is 0 Å². The molecule has 0 aliphatic carbocycles. The molecule has 2 rings (SSSR count).